The summed E-state index contributed by atoms with van der Waals surface area (Å²) in [6.07, 6.45) is 1.23. The van der Waals surface area contributed by atoms with Gasteiger partial charge in [-0.15, -0.1) is 0 Å². The lowest BCUT2D eigenvalue weighted by molar-refractivity contribution is -0.139. The van der Waals surface area contributed by atoms with E-state index in [1.165, 1.54) is 4.90 Å². The Hall–Kier alpha value is -1.26. The predicted molar refractivity (Wildman–Crippen MR) is 57.8 cm³/mol. The van der Waals surface area contributed by atoms with Crippen molar-refractivity contribution in [1.29, 1.82) is 0 Å². The van der Waals surface area contributed by atoms with Crippen LogP contribution in [0.5, 0.6) is 0 Å². The number of carbonyl (C=O) groups is 2. The van der Waals surface area contributed by atoms with Crippen molar-refractivity contribution in [3.05, 3.63) is 0 Å². The van der Waals surface area contributed by atoms with Crippen molar-refractivity contribution < 1.29 is 14.7 Å². The van der Waals surface area contributed by atoms with Gasteiger partial charge in [-0.3, -0.25) is 0 Å². The van der Waals surface area contributed by atoms with E-state index in [4.69, 9.17) is 5.11 Å². The molecule has 2 amide bonds. The smallest absolute Gasteiger partial charge is 0.326 e. The lowest BCUT2D eigenvalue weighted by Crippen LogP contribution is -2.48. The number of nitrogens with one attached hydrogen (secondary N) is 1. The van der Waals surface area contributed by atoms with Crippen molar-refractivity contribution in [3.8, 4) is 0 Å². The molecular formula is C10H20N2O3. The second-order valence-electron chi connectivity index (χ2n) is 3.62. The second-order valence-corrected chi connectivity index (χ2v) is 3.62. The quantitative estimate of drug-likeness (QED) is 0.727. The average molecular weight is 216 g/mol. The van der Waals surface area contributed by atoms with E-state index in [2.05, 4.69) is 5.32 Å². The minimum absolute atomic E-state index is 0.108. The summed E-state index contributed by atoms with van der Waals surface area (Å²) in [6.45, 7) is 5.62. The minimum atomic E-state index is -0.997. The minimum Gasteiger partial charge on any atom is -0.480 e. The highest BCUT2D eigenvalue weighted by atomic mass is 16.4. The molecule has 0 saturated heterocycles. The first-order valence-electron chi connectivity index (χ1n) is 5.20. The Morgan fingerprint density at radius 1 is 1.33 bits per heavy atom. The summed E-state index contributed by atoms with van der Waals surface area (Å²) in [5.74, 6) is -0.997. The molecule has 0 aromatic rings. The second kappa shape index (κ2) is 6.27. The number of carboxylic acids is 1. The van der Waals surface area contributed by atoms with Gasteiger partial charge in [-0.2, -0.15) is 0 Å². The molecule has 5 heteroatoms. The summed E-state index contributed by atoms with van der Waals surface area (Å²) in [5, 5.41) is 11.2. The Labute approximate surface area is 90.5 Å². The van der Waals surface area contributed by atoms with Crippen molar-refractivity contribution in [3.63, 3.8) is 0 Å². The van der Waals surface area contributed by atoms with Crippen LogP contribution in [0.4, 0.5) is 4.79 Å². The van der Waals surface area contributed by atoms with Gasteiger partial charge >= 0.3 is 12.0 Å². The van der Waals surface area contributed by atoms with Crippen LogP contribution in [0, 0.1) is 0 Å². The van der Waals surface area contributed by atoms with Crippen molar-refractivity contribution in [2.24, 2.45) is 0 Å². The van der Waals surface area contributed by atoms with Crippen molar-refractivity contribution >= 4 is 12.0 Å². The van der Waals surface area contributed by atoms with Gasteiger partial charge in [-0.25, -0.2) is 9.59 Å². The van der Waals surface area contributed by atoms with Crippen LogP contribution in [-0.4, -0.2) is 41.1 Å². The average Bonchev–Trinajstić information content (AvgIpc) is 2.22. The summed E-state index contributed by atoms with van der Waals surface area (Å²) >= 11 is 0. The van der Waals surface area contributed by atoms with Crippen LogP contribution in [0.1, 0.15) is 33.6 Å². The summed E-state index contributed by atoms with van der Waals surface area (Å²) in [7, 11) is 1.66. The standard InChI is InChI=1S/C10H20N2O3/c1-5-7(3)12(4)10(15)11-8(6-2)9(13)14/h7-8H,5-6H2,1-4H3,(H,11,15)(H,13,14)/t7?,8-/m1/s1. The summed E-state index contributed by atoms with van der Waals surface area (Å²) < 4.78 is 0. The van der Waals surface area contributed by atoms with Gasteiger partial charge in [0.05, 0.1) is 0 Å². The lowest BCUT2D eigenvalue weighted by atomic mass is 10.2. The van der Waals surface area contributed by atoms with Crippen molar-refractivity contribution in [2.45, 2.75) is 45.7 Å². The number of hydrogen-bond acceptors (Lipinski definition) is 2. The third-order valence-electron chi connectivity index (χ3n) is 2.58. The Bertz CT molecular complexity index is 231. The van der Waals surface area contributed by atoms with Crippen LogP contribution >= 0.6 is 0 Å². The molecule has 0 saturated carbocycles. The van der Waals surface area contributed by atoms with E-state index in [1.807, 2.05) is 13.8 Å². The van der Waals surface area contributed by atoms with E-state index in [1.54, 1.807) is 14.0 Å². The van der Waals surface area contributed by atoms with Crippen molar-refractivity contribution in [1.82, 2.24) is 10.2 Å². The summed E-state index contributed by atoms with van der Waals surface area (Å²) in [4.78, 5) is 23.8. The largest absolute Gasteiger partial charge is 0.480 e. The molecule has 0 aromatic heterocycles. The fourth-order valence-electron chi connectivity index (χ4n) is 1.06. The Morgan fingerprint density at radius 3 is 2.20 bits per heavy atom. The highest BCUT2D eigenvalue weighted by Crippen LogP contribution is 2.01. The maximum Gasteiger partial charge on any atom is 0.326 e. The van der Waals surface area contributed by atoms with Crippen LogP contribution in [0.25, 0.3) is 0 Å². The monoisotopic (exact) mass is 216 g/mol. The third-order valence-corrected chi connectivity index (χ3v) is 2.58. The summed E-state index contributed by atoms with van der Waals surface area (Å²) in [5.41, 5.74) is 0. The van der Waals surface area contributed by atoms with Gasteiger partial charge in [0.2, 0.25) is 0 Å². The first-order valence-corrected chi connectivity index (χ1v) is 5.20. The number of amides is 2. The maximum absolute atomic E-state index is 11.6. The van der Waals surface area contributed by atoms with Gasteiger partial charge in [-0.1, -0.05) is 13.8 Å². The topological polar surface area (TPSA) is 69.6 Å². The number of hydrogen-bond donors (Lipinski definition) is 2. The molecule has 0 aliphatic rings. The molecule has 0 fully saturated rings. The molecule has 0 bridgehead atoms. The highest BCUT2D eigenvalue weighted by Gasteiger charge is 2.21. The SMILES string of the molecule is CCC(C)N(C)C(=O)N[C@H](CC)C(=O)O. The molecule has 2 N–H and O–H groups in total. The summed E-state index contributed by atoms with van der Waals surface area (Å²) in [6, 6.07) is -1.03. The van der Waals surface area contributed by atoms with Gasteiger partial charge in [0.15, 0.2) is 0 Å². The number of carboxylic acid groups (broad SMARTS) is 1. The molecule has 0 aliphatic carbocycles. The van der Waals surface area contributed by atoms with E-state index in [9.17, 15) is 9.59 Å². The van der Waals surface area contributed by atoms with Gasteiger partial charge < -0.3 is 15.3 Å². The molecule has 0 aliphatic heterocycles. The fraction of sp³-hybridized carbons (Fsp3) is 0.800. The zero-order valence-electron chi connectivity index (χ0n) is 9.78. The van der Waals surface area contributed by atoms with E-state index in [0.29, 0.717) is 6.42 Å². The number of carbonyl (C=O) groups excluding carboxylic acids is 1. The van der Waals surface area contributed by atoms with Crippen LogP contribution in [0.15, 0.2) is 0 Å². The third kappa shape index (κ3) is 4.18. The van der Waals surface area contributed by atoms with Gasteiger partial charge in [-0.05, 0) is 19.8 Å². The molecule has 15 heavy (non-hydrogen) atoms. The zero-order valence-corrected chi connectivity index (χ0v) is 9.78. The first-order chi connectivity index (χ1) is 6.93. The fourth-order valence-corrected chi connectivity index (χ4v) is 1.06. The number of aliphatic carboxylic acids is 1. The van der Waals surface area contributed by atoms with Gasteiger partial charge in [0.1, 0.15) is 6.04 Å². The molecule has 5 nitrogen and oxygen atoms in total. The molecule has 2 atom stereocenters. The molecule has 0 rings (SSSR count). The molecule has 0 radical (unpaired) electrons. The normalized spacial score (nSPS) is 14.1. The van der Waals surface area contributed by atoms with Crippen LogP contribution < -0.4 is 5.32 Å². The molecule has 0 aromatic carbocycles. The highest BCUT2D eigenvalue weighted by molar-refractivity contribution is 5.82. The van der Waals surface area contributed by atoms with E-state index >= 15 is 0 Å². The lowest BCUT2D eigenvalue weighted by Gasteiger charge is -2.25. The van der Waals surface area contributed by atoms with Crippen LogP contribution in [0.2, 0.25) is 0 Å². The Balaban J connectivity index is 4.28. The van der Waals surface area contributed by atoms with Crippen molar-refractivity contribution in [2.75, 3.05) is 7.05 Å². The Kier molecular flexibility index (Phi) is 5.74. The number of urea groups is 1. The van der Waals surface area contributed by atoms with Crippen LogP contribution in [-0.2, 0) is 4.79 Å². The number of rotatable bonds is 5. The molecule has 88 valence electrons. The van der Waals surface area contributed by atoms with Gasteiger partial charge in [0.25, 0.3) is 0 Å². The molecule has 0 spiro atoms. The number of nitrogens with zero attached hydrogens (tertiary/aromatic N) is 1. The predicted octanol–water partition coefficient (Wildman–Crippen LogP) is 1.29. The molecular weight excluding hydrogens is 196 g/mol. The van der Waals surface area contributed by atoms with E-state index in [-0.39, 0.29) is 12.1 Å². The Morgan fingerprint density at radius 2 is 1.87 bits per heavy atom. The maximum atomic E-state index is 11.6. The van der Waals surface area contributed by atoms with E-state index < -0.39 is 12.0 Å². The molecule has 0 heterocycles. The zero-order chi connectivity index (χ0) is 12.0. The first kappa shape index (κ1) is 13.7. The van der Waals surface area contributed by atoms with E-state index in [0.717, 1.165) is 6.42 Å². The van der Waals surface area contributed by atoms with Crippen LogP contribution in [0.3, 0.4) is 0 Å². The van der Waals surface area contributed by atoms with Gasteiger partial charge in [0, 0.05) is 13.1 Å². The molecule has 1 unspecified atom stereocenters.